The number of nitrogens with one attached hydrogen (secondary N) is 1. The van der Waals surface area contributed by atoms with Gasteiger partial charge in [0.25, 0.3) is 0 Å². The summed E-state index contributed by atoms with van der Waals surface area (Å²) in [5, 5.41) is 0. The van der Waals surface area contributed by atoms with Gasteiger partial charge in [-0.1, -0.05) is 12.1 Å². The molecule has 0 radical (unpaired) electrons. The molecule has 0 bridgehead atoms. The number of aryl methyl sites for hydroxylation is 1. The fraction of sp³-hybridized carbons (Fsp3) is 0.538. The van der Waals surface area contributed by atoms with Crippen molar-refractivity contribution in [2.75, 3.05) is 13.2 Å². The molecule has 1 saturated heterocycles. The standard InChI is InChI=1S/C13H19FN2O/c1-9-7-10(4-5-12(9)14)13(16-15)11-3-2-6-17-8-11/h4-5,7,11,13,16H,2-3,6,8,15H2,1H3. The van der Waals surface area contributed by atoms with Crippen LogP contribution in [0.4, 0.5) is 4.39 Å². The number of halogens is 1. The van der Waals surface area contributed by atoms with Crippen molar-refractivity contribution in [3.63, 3.8) is 0 Å². The van der Waals surface area contributed by atoms with Crippen LogP contribution >= 0.6 is 0 Å². The van der Waals surface area contributed by atoms with E-state index in [4.69, 9.17) is 10.6 Å². The average Bonchev–Trinajstić information content (AvgIpc) is 2.36. The van der Waals surface area contributed by atoms with Crippen LogP contribution in [0.25, 0.3) is 0 Å². The van der Waals surface area contributed by atoms with Crippen molar-refractivity contribution < 1.29 is 9.13 Å². The Morgan fingerprint density at radius 2 is 2.35 bits per heavy atom. The second-order valence-corrected chi connectivity index (χ2v) is 4.63. The molecule has 1 aromatic carbocycles. The fourth-order valence-electron chi connectivity index (χ4n) is 2.39. The summed E-state index contributed by atoms with van der Waals surface area (Å²) in [6, 6.07) is 5.18. The first-order valence-electron chi connectivity index (χ1n) is 6.02. The van der Waals surface area contributed by atoms with Crippen molar-refractivity contribution in [1.82, 2.24) is 5.43 Å². The van der Waals surface area contributed by atoms with Crippen molar-refractivity contribution >= 4 is 0 Å². The van der Waals surface area contributed by atoms with Gasteiger partial charge in [-0.15, -0.1) is 0 Å². The number of hydrogen-bond donors (Lipinski definition) is 2. The minimum atomic E-state index is -0.176. The van der Waals surface area contributed by atoms with E-state index in [0.29, 0.717) is 18.1 Å². The molecule has 2 rings (SSSR count). The third-order valence-corrected chi connectivity index (χ3v) is 3.39. The first-order chi connectivity index (χ1) is 8.22. The maximum atomic E-state index is 13.2. The van der Waals surface area contributed by atoms with E-state index in [9.17, 15) is 4.39 Å². The first kappa shape index (κ1) is 12.5. The van der Waals surface area contributed by atoms with Crippen LogP contribution in [0.15, 0.2) is 18.2 Å². The van der Waals surface area contributed by atoms with Gasteiger partial charge >= 0.3 is 0 Å². The van der Waals surface area contributed by atoms with E-state index in [2.05, 4.69) is 5.43 Å². The molecule has 0 aromatic heterocycles. The third kappa shape index (κ3) is 2.83. The Kier molecular flexibility index (Phi) is 4.10. The van der Waals surface area contributed by atoms with Gasteiger partial charge in [0.15, 0.2) is 0 Å². The summed E-state index contributed by atoms with van der Waals surface area (Å²) in [5.41, 5.74) is 4.51. The molecule has 1 aliphatic rings. The Labute approximate surface area is 101 Å². The van der Waals surface area contributed by atoms with Crippen LogP contribution in [-0.2, 0) is 4.74 Å². The molecule has 17 heavy (non-hydrogen) atoms. The summed E-state index contributed by atoms with van der Waals surface area (Å²) in [6.07, 6.45) is 2.15. The van der Waals surface area contributed by atoms with Gasteiger partial charge in [0, 0.05) is 12.5 Å². The van der Waals surface area contributed by atoms with Crippen LogP contribution in [0.1, 0.15) is 30.0 Å². The van der Waals surface area contributed by atoms with Crippen molar-refractivity contribution in [3.05, 3.63) is 35.1 Å². The highest BCUT2D eigenvalue weighted by atomic mass is 19.1. The SMILES string of the molecule is Cc1cc(C(NN)C2CCCOC2)ccc1F. The molecule has 2 atom stereocenters. The topological polar surface area (TPSA) is 47.3 Å². The lowest BCUT2D eigenvalue weighted by Gasteiger charge is -2.30. The van der Waals surface area contributed by atoms with Crippen LogP contribution in [0, 0.1) is 18.7 Å². The van der Waals surface area contributed by atoms with Crippen LogP contribution in [0.3, 0.4) is 0 Å². The average molecular weight is 238 g/mol. The summed E-state index contributed by atoms with van der Waals surface area (Å²) in [6.45, 7) is 3.31. The molecule has 1 fully saturated rings. The minimum Gasteiger partial charge on any atom is -0.381 e. The molecule has 4 heteroatoms. The second-order valence-electron chi connectivity index (χ2n) is 4.63. The third-order valence-electron chi connectivity index (χ3n) is 3.39. The molecule has 3 N–H and O–H groups in total. The van der Waals surface area contributed by atoms with E-state index in [-0.39, 0.29) is 11.9 Å². The Balaban J connectivity index is 2.18. The second kappa shape index (κ2) is 5.58. The molecular formula is C13H19FN2O. The van der Waals surface area contributed by atoms with Crippen molar-refractivity contribution in [3.8, 4) is 0 Å². The van der Waals surface area contributed by atoms with Gasteiger partial charge in [0.1, 0.15) is 5.82 Å². The van der Waals surface area contributed by atoms with Crippen LogP contribution in [0.5, 0.6) is 0 Å². The number of benzene rings is 1. The molecule has 2 unspecified atom stereocenters. The first-order valence-corrected chi connectivity index (χ1v) is 6.02. The van der Waals surface area contributed by atoms with E-state index >= 15 is 0 Å². The highest BCUT2D eigenvalue weighted by Crippen LogP contribution is 2.29. The maximum Gasteiger partial charge on any atom is 0.126 e. The number of hydrazine groups is 1. The van der Waals surface area contributed by atoms with Gasteiger partial charge in [-0.2, -0.15) is 0 Å². The highest BCUT2D eigenvalue weighted by Gasteiger charge is 2.24. The normalized spacial score (nSPS) is 22.4. The van der Waals surface area contributed by atoms with Crippen LogP contribution < -0.4 is 11.3 Å². The van der Waals surface area contributed by atoms with E-state index in [1.54, 1.807) is 13.0 Å². The molecule has 3 nitrogen and oxygen atoms in total. The minimum absolute atomic E-state index is 0.0367. The number of hydrogen-bond acceptors (Lipinski definition) is 3. The summed E-state index contributed by atoms with van der Waals surface area (Å²) >= 11 is 0. The molecule has 1 heterocycles. The van der Waals surface area contributed by atoms with Crippen LogP contribution in [-0.4, -0.2) is 13.2 Å². The molecule has 1 aromatic rings. The van der Waals surface area contributed by atoms with Gasteiger partial charge < -0.3 is 4.74 Å². The highest BCUT2D eigenvalue weighted by molar-refractivity contribution is 5.27. The maximum absolute atomic E-state index is 13.2. The lowest BCUT2D eigenvalue weighted by atomic mass is 9.88. The van der Waals surface area contributed by atoms with E-state index in [1.165, 1.54) is 6.07 Å². The molecule has 0 spiro atoms. The van der Waals surface area contributed by atoms with Crippen LogP contribution in [0.2, 0.25) is 0 Å². The lowest BCUT2D eigenvalue weighted by Crippen LogP contribution is -2.37. The van der Waals surface area contributed by atoms with Crippen molar-refractivity contribution in [1.29, 1.82) is 0 Å². The Morgan fingerprint density at radius 1 is 1.53 bits per heavy atom. The monoisotopic (exact) mass is 238 g/mol. The number of rotatable bonds is 3. The van der Waals surface area contributed by atoms with Crippen molar-refractivity contribution in [2.24, 2.45) is 11.8 Å². The van der Waals surface area contributed by atoms with E-state index in [1.807, 2.05) is 6.07 Å². The van der Waals surface area contributed by atoms with Gasteiger partial charge in [-0.3, -0.25) is 11.3 Å². The summed E-state index contributed by atoms with van der Waals surface area (Å²) in [4.78, 5) is 0. The molecular weight excluding hydrogens is 219 g/mol. The zero-order valence-corrected chi connectivity index (χ0v) is 10.1. The molecule has 94 valence electrons. The van der Waals surface area contributed by atoms with E-state index < -0.39 is 0 Å². The predicted octanol–water partition coefficient (Wildman–Crippen LogP) is 2.07. The largest absolute Gasteiger partial charge is 0.381 e. The Bertz CT molecular complexity index is 378. The predicted molar refractivity (Wildman–Crippen MR) is 64.7 cm³/mol. The smallest absolute Gasteiger partial charge is 0.126 e. The number of nitrogens with two attached hydrogens (primary N) is 1. The van der Waals surface area contributed by atoms with Gasteiger partial charge in [-0.25, -0.2) is 4.39 Å². The zero-order chi connectivity index (χ0) is 12.3. The number of ether oxygens (including phenoxy) is 1. The van der Waals surface area contributed by atoms with Crippen molar-refractivity contribution in [2.45, 2.75) is 25.8 Å². The van der Waals surface area contributed by atoms with Gasteiger partial charge in [0.2, 0.25) is 0 Å². The fourth-order valence-corrected chi connectivity index (χ4v) is 2.39. The molecule has 1 aliphatic heterocycles. The zero-order valence-electron chi connectivity index (χ0n) is 10.1. The quantitative estimate of drug-likeness (QED) is 0.626. The molecule has 0 aliphatic carbocycles. The molecule has 0 amide bonds. The summed E-state index contributed by atoms with van der Waals surface area (Å²) in [7, 11) is 0. The van der Waals surface area contributed by atoms with E-state index in [0.717, 1.165) is 25.0 Å². The Morgan fingerprint density at radius 3 is 2.94 bits per heavy atom. The van der Waals surface area contributed by atoms with Gasteiger partial charge in [-0.05, 0) is 37.0 Å². The van der Waals surface area contributed by atoms with Gasteiger partial charge in [0.05, 0.1) is 12.6 Å². The Hall–Kier alpha value is -0.970. The summed E-state index contributed by atoms with van der Waals surface area (Å²) in [5.74, 6) is 5.81. The summed E-state index contributed by atoms with van der Waals surface area (Å²) < 4.78 is 18.7. The molecule has 0 saturated carbocycles. The lowest BCUT2D eigenvalue weighted by molar-refractivity contribution is 0.0390.